The highest BCUT2D eigenvalue weighted by Gasteiger charge is 2.08. The fourth-order valence-corrected chi connectivity index (χ4v) is 2.75. The molecule has 0 radical (unpaired) electrons. The van der Waals surface area contributed by atoms with E-state index >= 15 is 0 Å². The SMILES string of the molecule is COc1cc(CNC(=O)COc2ccc(C(C)C)c(C)c2)cc(OC)c1. The quantitative estimate of drug-likeness (QED) is 0.780. The van der Waals surface area contributed by atoms with Gasteiger partial charge in [0.15, 0.2) is 6.61 Å². The van der Waals surface area contributed by atoms with Crippen LogP contribution in [0.25, 0.3) is 0 Å². The van der Waals surface area contributed by atoms with Gasteiger partial charge >= 0.3 is 0 Å². The first kappa shape index (κ1) is 19.6. The maximum absolute atomic E-state index is 12.1. The molecule has 0 heterocycles. The van der Waals surface area contributed by atoms with Gasteiger partial charge in [0, 0.05) is 12.6 Å². The van der Waals surface area contributed by atoms with E-state index in [1.807, 2.05) is 24.3 Å². The lowest BCUT2D eigenvalue weighted by Crippen LogP contribution is -2.28. The molecule has 0 saturated heterocycles. The summed E-state index contributed by atoms with van der Waals surface area (Å²) in [6, 6.07) is 11.4. The fourth-order valence-electron chi connectivity index (χ4n) is 2.75. The molecule has 0 saturated carbocycles. The van der Waals surface area contributed by atoms with Gasteiger partial charge in [-0.3, -0.25) is 4.79 Å². The topological polar surface area (TPSA) is 56.8 Å². The van der Waals surface area contributed by atoms with Crippen LogP contribution in [0.1, 0.15) is 36.5 Å². The molecule has 2 rings (SSSR count). The van der Waals surface area contributed by atoms with Crippen molar-refractivity contribution in [3.63, 3.8) is 0 Å². The van der Waals surface area contributed by atoms with Crippen LogP contribution in [-0.2, 0) is 11.3 Å². The Balaban J connectivity index is 1.89. The second-order valence-corrected chi connectivity index (χ2v) is 6.46. The molecule has 0 bridgehead atoms. The highest BCUT2D eigenvalue weighted by atomic mass is 16.5. The third-order valence-corrected chi connectivity index (χ3v) is 4.13. The average molecular weight is 357 g/mol. The van der Waals surface area contributed by atoms with Crippen LogP contribution in [0.3, 0.4) is 0 Å². The van der Waals surface area contributed by atoms with Gasteiger partial charge in [-0.1, -0.05) is 19.9 Å². The Bertz CT molecular complexity index is 733. The minimum absolute atomic E-state index is 0.0262. The molecule has 1 N–H and O–H groups in total. The Morgan fingerprint density at radius 2 is 1.65 bits per heavy atom. The van der Waals surface area contributed by atoms with Crippen LogP contribution in [0.2, 0.25) is 0 Å². The Hall–Kier alpha value is -2.69. The number of ether oxygens (including phenoxy) is 3. The molecule has 1 amide bonds. The van der Waals surface area contributed by atoms with Gasteiger partial charge < -0.3 is 19.5 Å². The van der Waals surface area contributed by atoms with Gasteiger partial charge in [-0.25, -0.2) is 0 Å². The summed E-state index contributed by atoms with van der Waals surface area (Å²) in [5.74, 6) is 2.35. The van der Waals surface area contributed by atoms with Crippen molar-refractivity contribution < 1.29 is 19.0 Å². The zero-order valence-corrected chi connectivity index (χ0v) is 16.1. The summed E-state index contributed by atoms with van der Waals surface area (Å²) in [5.41, 5.74) is 3.35. The molecule has 140 valence electrons. The first-order valence-electron chi connectivity index (χ1n) is 8.65. The number of carbonyl (C=O) groups is 1. The molecule has 2 aromatic carbocycles. The van der Waals surface area contributed by atoms with Gasteiger partial charge in [0.1, 0.15) is 17.2 Å². The second-order valence-electron chi connectivity index (χ2n) is 6.46. The number of methoxy groups -OCH3 is 2. The number of hydrogen-bond acceptors (Lipinski definition) is 4. The van der Waals surface area contributed by atoms with E-state index in [9.17, 15) is 4.79 Å². The summed E-state index contributed by atoms with van der Waals surface area (Å²) >= 11 is 0. The zero-order chi connectivity index (χ0) is 19.1. The standard InChI is InChI=1S/C21H27NO4/c1-14(2)20-7-6-17(8-15(20)3)26-13-21(23)22-12-16-9-18(24-4)11-19(10-16)25-5/h6-11,14H,12-13H2,1-5H3,(H,22,23). The van der Waals surface area contributed by atoms with Gasteiger partial charge in [0.25, 0.3) is 5.91 Å². The van der Waals surface area contributed by atoms with Gasteiger partial charge in [0.2, 0.25) is 0 Å². The molecule has 5 nitrogen and oxygen atoms in total. The Morgan fingerprint density at radius 3 is 2.19 bits per heavy atom. The van der Waals surface area contributed by atoms with E-state index in [1.54, 1.807) is 20.3 Å². The van der Waals surface area contributed by atoms with E-state index in [0.717, 1.165) is 5.56 Å². The summed E-state index contributed by atoms with van der Waals surface area (Å²) in [4.78, 5) is 12.1. The predicted molar refractivity (Wildman–Crippen MR) is 102 cm³/mol. The normalized spacial score (nSPS) is 10.5. The summed E-state index contributed by atoms with van der Waals surface area (Å²) < 4.78 is 16.1. The fraction of sp³-hybridized carbons (Fsp3) is 0.381. The Labute approximate surface area is 155 Å². The molecule has 0 fully saturated rings. The Kier molecular flexibility index (Phi) is 6.89. The molecule has 2 aromatic rings. The molecule has 0 aliphatic heterocycles. The van der Waals surface area contributed by atoms with Gasteiger partial charge in [-0.2, -0.15) is 0 Å². The molecule has 0 atom stereocenters. The van der Waals surface area contributed by atoms with Crippen LogP contribution in [0.5, 0.6) is 17.2 Å². The maximum atomic E-state index is 12.1. The molecule has 0 aromatic heterocycles. The van der Waals surface area contributed by atoms with Crippen molar-refractivity contribution in [2.75, 3.05) is 20.8 Å². The molecule has 0 aliphatic rings. The van der Waals surface area contributed by atoms with E-state index in [0.29, 0.717) is 29.7 Å². The molecular formula is C21H27NO4. The number of carbonyl (C=O) groups excluding carboxylic acids is 1. The van der Waals surface area contributed by atoms with Crippen molar-refractivity contribution in [3.8, 4) is 17.2 Å². The van der Waals surface area contributed by atoms with Crippen molar-refractivity contribution in [1.82, 2.24) is 5.32 Å². The van der Waals surface area contributed by atoms with Crippen LogP contribution in [-0.4, -0.2) is 26.7 Å². The second kappa shape index (κ2) is 9.13. The van der Waals surface area contributed by atoms with E-state index < -0.39 is 0 Å². The highest BCUT2D eigenvalue weighted by molar-refractivity contribution is 5.77. The maximum Gasteiger partial charge on any atom is 0.258 e. The van der Waals surface area contributed by atoms with Crippen molar-refractivity contribution in [2.45, 2.75) is 33.2 Å². The van der Waals surface area contributed by atoms with Gasteiger partial charge in [-0.15, -0.1) is 0 Å². The Morgan fingerprint density at radius 1 is 1.00 bits per heavy atom. The summed E-state index contributed by atoms with van der Waals surface area (Å²) in [6.07, 6.45) is 0. The highest BCUT2D eigenvalue weighted by Crippen LogP contribution is 2.24. The van der Waals surface area contributed by atoms with Crippen LogP contribution in [0, 0.1) is 6.92 Å². The van der Waals surface area contributed by atoms with Crippen LogP contribution >= 0.6 is 0 Å². The first-order chi connectivity index (χ1) is 12.4. The van der Waals surface area contributed by atoms with E-state index in [1.165, 1.54) is 11.1 Å². The number of benzene rings is 2. The average Bonchev–Trinajstić information content (AvgIpc) is 2.64. The van der Waals surface area contributed by atoms with E-state index in [2.05, 4.69) is 32.2 Å². The summed E-state index contributed by atoms with van der Waals surface area (Å²) in [5, 5.41) is 2.84. The zero-order valence-electron chi connectivity index (χ0n) is 16.1. The lowest BCUT2D eigenvalue weighted by molar-refractivity contribution is -0.123. The summed E-state index contributed by atoms with van der Waals surface area (Å²) in [6.45, 7) is 6.72. The van der Waals surface area contributed by atoms with Gasteiger partial charge in [0.05, 0.1) is 14.2 Å². The molecule has 0 spiro atoms. The van der Waals surface area contributed by atoms with Crippen LogP contribution in [0.15, 0.2) is 36.4 Å². The largest absolute Gasteiger partial charge is 0.497 e. The lowest BCUT2D eigenvalue weighted by atomic mass is 9.98. The molecule has 0 unspecified atom stereocenters. The van der Waals surface area contributed by atoms with Crippen molar-refractivity contribution in [2.24, 2.45) is 0 Å². The summed E-state index contributed by atoms with van der Waals surface area (Å²) in [7, 11) is 3.19. The number of rotatable bonds is 8. The minimum atomic E-state index is -0.183. The number of aryl methyl sites for hydroxylation is 1. The third kappa shape index (κ3) is 5.41. The number of amides is 1. The van der Waals surface area contributed by atoms with Gasteiger partial charge in [-0.05, 0) is 53.8 Å². The molecule has 5 heteroatoms. The first-order valence-corrected chi connectivity index (χ1v) is 8.65. The van der Waals surface area contributed by atoms with Crippen molar-refractivity contribution in [1.29, 1.82) is 0 Å². The smallest absolute Gasteiger partial charge is 0.258 e. The third-order valence-electron chi connectivity index (χ3n) is 4.13. The van der Waals surface area contributed by atoms with Crippen LogP contribution < -0.4 is 19.5 Å². The lowest BCUT2D eigenvalue weighted by Gasteiger charge is -2.13. The molecule has 0 aliphatic carbocycles. The number of hydrogen-bond donors (Lipinski definition) is 1. The molecular weight excluding hydrogens is 330 g/mol. The minimum Gasteiger partial charge on any atom is -0.497 e. The monoisotopic (exact) mass is 357 g/mol. The predicted octanol–water partition coefficient (Wildman–Crippen LogP) is 3.83. The number of nitrogens with one attached hydrogen (secondary N) is 1. The van der Waals surface area contributed by atoms with E-state index in [4.69, 9.17) is 14.2 Å². The van der Waals surface area contributed by atoms with Crippen LogP contribution in [0.4, 0.5) is 0 Å². The van der Waals surface area contributed by atoms with Crippen molar-refractivity contribution >= 4 is 5.91 Å². The van der Waals surface area contributed by atoms with Crippen molar-refractivity contribution in [3.05, 3.63) is 53.1 Å². The molecule has 26 heavy (non-hydrogen) atoms. The van der Waals surface area contributed by atoms with E-state index in [-0.39, 0.29) is 12.5 Å².